The van der Waals surface area contributed by atoms with Crippen LogP contribution in [0, 0.1) is 0 Å². The van der Waals surface area contributed by atoms with Crippen LogP contribution >= 0.6 is 0 Å². The zero-order chi connectivity index (χ0) is 13.3. The first-order valence-corrected chi connectivity index (χ1v) is 6.74. The third kappa shape index (κ3) is 1.93. The van der Waals surface area contributed by atoms with Gasteiger partial charge in [-0.2, -0.15) is 0 Å². The summed E-state index contributed by atoms with van der Waals surface area (Å²) in [4.78, 5) is 14.6. The molecule has 0 aromatic heterocycles. The number of hydrogen-bond donors (Lipinski definition) is 1. The molecule has 98 valence electrons. The van der Waals surface area contributed by atoms with Crippen molar-refractivity contribution in [1.82, 2.24) is 0 Å². The predicted molar refractivity (Wildman–Crippen MR) is 74.6 cm³/mol. The number of benzene rings is 1. The van der Waals surface area contributed by atoms with Crippen LogP contribution in [-0.2, 0) is 11.2 Å². The fourth-order valence-electron chi connectivity index (χ4n) is 2.67. The van der Waals surface area contributed by atoms with Crippen LogP contribution in [0.25, 0.3) is 0 Å². The molecule has 18 heavy (non-hydrogen) atoms. The molecular weight excluding hydrogens is 224 g/mol. The van der Waals surface area contributed by atoms with E-state index in [0.29, 0.717) is 12.8 Å². The average molecular weight is 246 g/mol. The van der Waals surface area contributed by atoms with Crippen molar-refractivity contribution in [1.29, 1.82) is 0 Å². The Labute approximate surface area is 109 Å². The Morgan fingerprint density at radius 3 is 2.61 bits per heavy atom. The quantitative estimate of drug-likeness (QED) is 0.890. The lowest BCUT2D eigenvalue weighted by Gasteiger charge is -2.33. The Bertz CT molecular complexity index is 452. The maximum Gasteiger partial charge on any atom is 0.247 e. The Hall–Kier alpha value is -1.35. The van der Waals surface area contributed by atoms with Gasteiger partial charge >= 0.3 is 0 Å². The van der Waals surface area contributed by atoms with Gasteiger partial charge in [-0.05, 0) is 37.8 Å². The molecule has 1 aromatic rings. The standard InChI is InChI=1S/C15H22N2O/c1-4-15(16,5-2)14(18)17-11(3)10-12-8-6-7-9-13(12)17/h6-9,11H,4-5,10,16H2,1-3H3. The van der Waals surface area contributed by atoms with E-state index in [9.17, 15) is 4.79 Å². The summed E-state index contributed by atoms with van der Waals surface area (Å²) in [6, 6.07) is 8.32. The Morgan fingerprint density at radius 2 is 2.00 bits per heavy atom. The summed E-state index contributed by atoms with van der Waals surface area (Å²) in [5.41, 5.74) is 7.80. The molecule has 1 amide bonds. The van der Waals surface area contributed by atoms with Crippen molar-refractivity contribution >= 4 is 11.6 Å². The summed E-state index contributed by atoms with van der Waals surface area (Å²) >= 11 is 0. The highest BCUT2D eigenvalue weighted by molar-refractivity contribution is 6.02. The van der Waals surface area contributed by atoms with Crippen molar-refractivity contribution in [3.63, 3.8) is 0 Å². The first kappa shape index (κ1) is 13.1. The smallest absolute Gasteiger partial charge is 0.247 e. The van der Waals surface area contributed by atoms with Crippen molar-refractivity contribution in [2.24, 2.45) is 5.73 Å². The number of nitrogens with two attached hydrogens (primary N) is 1. The second kappa shape index (κ2) is 4.73. The van der Waals surface area contributed by atoms with Gasteiger partial charge in [0.2, 0.25) is 5.91 Å². The number of para-hydroxylation sites is 1. The van der Waals surface area contributed by atoms with Gasteiger partial charge in [-0.25, -0.2) is 0 Å². The van der Waals surface area contributed by atoms with Crippen LogP contribution in [0.5, 0.6) is 0 Å². The fraction of sp³-hybridized carbons (Fsp3) is 0.533. The number of rotatable bonds is 3. The monoisotopic (exact) mass is 246 g/mol. The van der Waals surface area contributed by atoms with Gasteiger partial charge in [0.25, 0.3) is 0 Å². The number of hydrogen-bond acceptors (Lipinski definition) is 2. The van der Waals surface area contributed by atoms with Gasteiger partial charge in [0, 0.05) is 11.7 Å². The maximum absolute atomic E-state index is 12.7. The number of carbonyl (C=O) groups is 1. The van der Waals surface area contributed by atoms with Crippen LogP contribution in [0.4, 0.5) is 5.69 Å². The normalized spacial score (nSPS) is 18.9. The molecule has 2 rings (SSSR count). The SMILES string of the molecule is CCC(N)(CC)C(=O)N1c2ccccc2CC1C. The van der Waals surface area contributed by atoms with E-state index in [4.69, 9.17) is 5.73 Å². The lowest BCUT2D eigenvalue weighted by atomic mass is 9.92. The summed E-state index contributed by atoms with van der Waals surface area (Å²) in [5, 5.41) is 0. The van der Waals surface area contributed by atoms with Crippen molar-refractivity contribution < 1.29 is 4.79 Å². The van der Waals surface area contributed by atoms with Crippen LogP contribution in [0.3, 0.4) is 0 Å². The Kier molecular flexibility index (Phi) is 3.44. The molecule has 1 atom stereocenters. The molecule has 2 N–H and O–H groups in total. The van der Waals surface area contributed by atoms with Crippen LogP contribution in [0.2, 0.25) is 0 Å². The topological polar surface area (TPSA) is 46.3 Å². The van der Waals surface area contributed by atoms with E-state index in [2.05, 4.69) is 13.0 Å². The zero-order valence-electron chi connectivity index (χ0n) is 11.4. The number of anilines is 1. The van der Waals surface area contributed by atoms with Crippen molar-refractivity contribution in [3.8, 4) is 0 Å². The molecule has 0 spiro atoms. The highest BCUT2D eigenvalue weighted by Crippen LogP contribution is 2.34. The van der Waals surface area contributed by atoms with Crippen molar-refractivity contribution in [2.75, 3.05) is 4.90 Å². The van der Waals surface area contributed by atoms with E-state index in [1.54, 1.807) is 0 Å². The average Bonchev–Trinajstić information content (AvgIpc) is 2.72. The Morgan fingerprint density at radius 1 is 1.39 bits per heavy atom. The lowest BCUT2D eigenvalue weighted by Crippen LogP contribution is -2.56. The molecule has 0 bridgehead atoms. The third-order valence-corrected chi connectivity index (χ3v) is 4.11. The van der Waals surface area contributed by atoms with Crippen LogP contribution in [-0.4, -0.2) is 17.5 Å². The molecule has 0 aliphatic carbocycles. The van der Waals surface area contributed by atoms with E-state index in [0.717, 1.165) is 12.1 Å². The summed E-state index contributed by atoms with van der Waals surface area (Å²) in [5.74, 6) is 0.0601. The minimum absolute atomic E-state index is 0.0601. The van der Waals surface area contributed by atoms with E-state index in [-0.39, 0.29) is 11.9 Å². The fourth-order valence-corrected chi connectivity index (χ4v) is 2.67. The molecule has 1 heterocycles. The highest BCUT2D eigenvalue weighted by Gasteiger charge is 2.40. The largest absolute Gasteiger partial charge is 0.317 e. The predicted octanol–water partition coefficient (Wildman–Crippen LogP) is 2.48. The number of amides is 1. The zero-order valence-corrected chi connectivity index (χ0v) is 11.4. The van der Waals surface area contributed by atoms with E-state index in [1.807, 2.05) is 36.9 Å². The first-order valence-electron chi connectivity index (χ1n) is 6.74. The highest BCUT2D eigenvalue weighted by atomic mass is 16.2. The summed E-state index contributed by atoms with van der Waals surface area (Å²) < 4.78 is 0. The molecule has 3 nitrogen and oxygen atoms in total. The van der Waals surface area contributed by atoms with E-state index in [1.165, 1.54) is 5.56 Å². The molecule has 0 radical (unpaired) electrons. The molecular formula is C15H22N2O. The minimum Gasteiger partial charge on any atom is -0.317 e. The molecule has 0 saturated heterocycles. The number of nitrogens with zero attached hydrogens (tertiary/aromatic N) is 1. The summed E-state index contributed by atoms with van der Waals surface area (Å²) in [6.07, 6.45) is 2.27. The minimum atomic E-state index is -0.730. The third-order valence-electron chi connectivity index (χ3n) is 4.11. The molecule has 1 unspecified atom stereocenters. The van der Waals surface area contributed by atoms with Gasteiger partial charge in [0.15, 0.2) is 0 Å². The molecule has 1 aromatic carbocycles. The van der Waals surface area contributed by atoms with Gasteiger partial charge in [0.1, 0.15) is 0 Å². The molecule has 0 saturated carbocycles. The van der Waals surface area contributed by atoms with Gasteiger partial charge in [-0.1, -0.05) is 32.0 Å². The van der Waals surface area contributed by atoms with Crippen LogP contribution < -0.4 is 10.6 Å². The molecule has 1 aliphatic heterocycles. The molecule has 1 aliphatic rings. The number of fused-ring (bicyclic) bond motifs is 1. The van der Waals surface area contributed by atoms with Crippen molar-refractivity contribution in [3.05, 3.63) is 29.8 Å². The Balaban J connectivity index is 2.37. The second-order valence-electron chi connectivity index (χ2n) is 5.22. The van der Waals surface area contributed by atoms with Gasteiger partial charge in [-0.15, -0.1) is 0 Å². The summed E-state index contributed by atoms with van der Waals surface area (Å²) in [7, 11) is 0. The first-order chi connectivity index (χ1) is 8.53. The van der Waals surface area contributed by atoms with Crippen LogP contribution in [0.15, 0.2) is 24.3 Å². The number of carbonyl (C=O) groups excluding carboxylic acids is 1. The van der Waals surface area contributed by atoms with Crippen LogP contribution in [0.1, 0.15) is 39.2 Å². The van der Waals surface area contributed by atoms with E-state index < -0.39 is 5.54 Å². The second-order valence-corrected chi connectivity index (χ2v) is 5.22. The van der Waals surface area contributed by atoms with E-state index >= 15 is 0 Å². The lowest BCUT2D eigenvalue weighted by molar-refractivity contribution is -0.124. The summed E-state index contributed by atoms with van der Waals surface area (Å²) in [6.45, 7) is 6.05. The van der Waals surface area contributed by atoms with Crippen molar-refractivity contribution in [2.45, 2.75) is 51.6 Å². The maximum atomic E-state index is 12.7. The van der Waals surface area contributed by atoms with Gasteiger partial charge < -0.3 is 10.6 Å². The molecule has 3 heteroatoms. The van der Waals surface area contributed by atoms with Gasteiger partial charge in [0.05, 0.1) is 5.54 Å². The molecule has 0 fully saturated rings. The van der Waals surface area contributed by atoms with Gasteiger partial charge in [-0.3, -0.25) is 4.79 Å².